The lowest BCUT2D eigenvalue weighted by Crippen LogP contribution is -2.16. The summed E-state index contributed by atoms with van der Waals surface area (Å²) in [5, 5.41) is 13.4. The second-order valence-electron chi connectivity index (χ2n) is 3.43. The van der Waals surface area contributed by atoms with Crippen LogP contribution in [-0.4, -0.2) is 25.9 Å². The van der Waals surface area contributed by atoms with Gasteiger partial charge in [0.25, 0.3) is 5.91 Å². The third-order valence-corrected chi connectivity index (χ3v) is 2.31. The first-order valence-electron chi connectivity index (χ1n) is 5.04. The van der Waals surface area contributed by atoms with Crippen molar-refractivity contribution in [1.82, 2.24) is 20.0 Å². The molecule has 0 saturated carbocycles. The maximum absolute atomic E-state index is 11.8. The van der Waals surface area contributed by atoms with Crippen LogP contribution in [-0.2, 0) is 13.5 Å². The highest BCUT2D eigenvalue weighted by Crippen LogP contribution is 2.07. The second-order valence-corrected chi connectivity index (χ2v) is 3.43. The molecule has 0 aliphatic rings. The van der Waals surface area contributed by atoms with Gasteiger partial charge in [-0.3, -0.25) is 14.6 Å². The Hall–Kier alpha value is -2.11. The highest BCUT2D eigenvalue weighted by Gasteiger charge is 2.11. The zero-order chi connectivity index (χ0) is 11.5. The van der Waals surface area contributed by atoms with Crippen LogP contribution in [0.15, 0.2) is 18.3 Å². The molecule has 0 bridgehead atoms. The predicted molar refractivity (Wildman–Crippen MR) is 59.1 cm³/mol. The molecule has 0 fully saturated rings. The van der Waals surface area contributed by atoms with Crippen molar-refractivity contribution in [2.24, 2.45) is 7.05 Å². The molecule has 0 atom stereocenters. The topological polar surface area (TPSA) is 75.6 Å². The van der Waals surface area contributed by atoms with E-state index in [0.717, 1.165) is 12.1 Å². The summed E-state index contributed by atoms with van der Waals surface area (Å²) in [6.07, 6.45) is 2.44. The highest BCUT2D eigenvalue weighted by molar-refractivity contribution is 6.02. The fourth-order valence-corrected chi connectivity index (χ4v) is 1.38. The minimum Gasteiger partial charge on any atom is -0.304 e. The normalized spacial score (nSPS) is 10.4. The Balaban J connectivity index is 2.11. The molecule has 0 spiro atoms. The number of carbonyl (C=O) groups is 1. The van der Waals surface area contributed by atoms with Gasteiger partial charge in [-0.15, -0.1) is 0 Å². The lowest BCUT2D eigenvalue weighted by Gasteiger charge is -2.01. The van der Waals surface area contributed by atoms with E-state index in [2.05, 4.69) is 20.6 Å². The first-order chi connectivity index (χ1) is 7.70. The van der Waals surface area contributed by atoms with E-state index in [1.54, 1.807) is 19.3 Å². The van der Waals surface area contributed by atoms with Gasteiger partial charge in [0.1, 0.15) is 5.69 Å². The molecule has 1 amide bonds. The molecule has 2 aromatic rings. The van der Waals surface area contributed by atoms with Crippen molar-refractivity contribution in [3.63, 3.8) is 0 Å². The Kier molecular flexibility index (Phi) is 2.72. The molecule has 0 aliphatic heterocycles. The summed E-state index contributed by atoms with van der Waals surface area (Å²) in [5.74, 6) is 0.317. The van der Waals surface area contributed by atoms with E-state index in [1.807, 2.05) is 13.0 Å². The lowest BCUT2D eigenvalue weighted by atomic mass is 10.3. The van der Waals surface area contributed by atoms with Gasteiger partial charge in [0.05, 0.1) is 0 Å². The number of aromatic amines is 1. The standard InChI is InChI=1S/C10H13N5O/c1-3-7-6-9(14-13-7)12-10(16)8-4-5-11-15(8)2/h4-6H,3H2,1-2H3,(H2,12,13,14,16). The van der Waals surface area contributed by atoms with Crippen molar-refractivity contribution in [3.8, 4) is 0 Å². The summed E-state index contributed by atoms with van der Waals surface area (Å²) < 4.78 is 1.52. The number of aromatic nitrogens is 4. The second kappa shape index (κ2) is 4.18. The van der Waals surface area contributed by atoms with Crippen molar-refractivity contribution < 1.29 is 4.79 Å². The Bertz CT molecular complexity index is 499. The van der Waals surface area contributed by atoms with Gasteiger partial charge in [0.15, 0.2) is 5.82 Å². The Morgan fingerprint density at radius 1 is 1.62 bits per heavy atom. The number of amides is 1. The minimum atomic E-state index is -0.214. The van der Waals surface area contributed by atoms with E-state index >= 15 is 0 Å². The molecular formula is C10H13N5O. The summed E-state index contributed by atoms with van der Waals surface area (Å²) >= 11 is 0. The lowest BCUT2D eigenvalue weighted by molar-refractivity contribution is 0.101. The molecule has 0 unspecified atom stereocenters. The number of nitrogens with one attached hydrogen (secondary N) is 2. The number of anilines is 1. The molecule has 6 heteroatoms. The molecule has 0 saturated heterocycles. The molecule has 6 nitrogen and oxygen atoms in total. The fourth-order valence-electron chi connectivity index (χ4n) is 1.38. The molecule has 2 aromatic heterocycles. The first kappa shape index (κ1) is 10.4. The van der Waals surface area contributed by atoms with E-state index < -0.39 is 0 Å². The van der Waals surface area contributed by atoms with Crippen LogP contribution in [0.1, 0.15) is 23.1 Å². The summed E-state index contributed by atoms with van der Waals surface area (Å²) in [4.78, 5) is 11.8. The summed E-state index contributed by atoms with van der Waals surface area (Å²) in [5.41, 5.74) is 1.49. The molecule has 0 aromatic carbocycles. The fraction of sp³-hybridized carbons (Fsp3) is 0.300. The van der Waals surface area contributed by atoms with Crippen molar-refractivity contribution in [2.45, 2.75) is 13.3 Å². The van der Waals surface area contributed by atoms with Gasteiger partial charge in [0.2, 0.25) is 0 Å². The summed E-state index contributed by atoms with van der Waals surface area (Å²) in [6.45, 7) is 2.01. The predicted octanol–water partition coefficient (Wildman–Crippen LogP) is 0.958. The van der Waals surface area contributed by atoms with Gasteiger partial charge in [-0.25, -0.2) is 0 Å². The van der Waals surface area contributed by atoms with Gasteiger partial charge < -0.3 is 5.32 Å². The van der Waals surface area contributed by atoms with E-state index in [9.17, 15) is 4.79 Å². The molecule has 2 N–H and O–H groups in total. The van der Waals surface area contributed by atoms with Crippen molar-refractivity contribution in [2.75, 3.05) is 5.32 Å². The smallest absolute Gasteiger partial charge is 0.275 e. The van der Waals surface area contributed by atoms with Gasteiger partial charge in [0, 0.05) is 25.0 Å². The Morgan fingerprint density at radius 3 is 3.00 bits per heavy atom. The van der Waals surface area contributed by atoms with Crippen molar-refractivity contribution in [3.05, 3.63) is 29.7 Å². The molecule has 0 radical (unpaired) electrons. The van der Waals surface area contributed by atoms with Crippen molar-refractivity contribution >= 4 is 11.7 Å². The highest BCUT2D eigenvalue weighted by atomic mass is 16.2. The van der Waals surface area contributed by atoms with Gasteiger partial charge in [-0.05, 0) is 12.5 Å². The minimum absolute atomic E-state index is 0.214. The van der Waals surface area contributed by atoms with Crippen LogP contribution in [0.3, 0.4) is 0 Å². The van der Waals surface area contributed by atoms with Crippen LogP contribution in [0, 0.1) is 0 Å². The first-order valence-corrected chi connectivity index (χ1v) is 5.04. The Labute approximate surface area is 92.7 Å². The van der Waals surface area contributed by atoms with Gasteiger partial charge in [-0.1, -0.05) is 6.92 Å². The van der Waals surface area contributed by atoms with E-state index in [-0.39, 0.29) is 5.91 Å². The number of rotatable bonds is 3. The number of carbonyl (C=O) groups excluding carboxylic acids is 1. The Morgan fingerprint density at radius 2 is 2.44 bits per heavy atom. The molecule has 16 heavy (non-hydrogen) atoms. The zero-order valence-electron chi connectivity index (χ0n) is 9.19. The number of H-pyrrole nitrogens is 1. The zero-order valence-corrected chi connectivity index (χ0v) is 9.19. The van der Waals surface area contributed by atoms with Gasteiger partial charge >= 0.3 is 0 Å². The maximum atomic E-state index is 11.8. The average Bonchev–Trinajstić information content (AvgIpc) is 2.86. The average molecular weight is 219 g/mol. The van der Waals surface area contributed by atoms with Crippen LogP contribution >= 0.6 is 0 Å². The molecule has 0 aliphatic carbocycles. The summed E-state index contributed by atoms with van der Waals surface area (Å²) in [7, 11) is 1.72. The number of hydrogen-bond acceptors (Lipinski definition) is 3. The number of hydrogen-bond donors (Lipinski definition) is 2. The van der Waals surface area contributed by atoms with Crippen LogP contribution in [0.2, 0.25) is 0 Å². The van der Waals surface area contributed by atoms with Crippen LogP contribution in [0.4, 0.5) is 5.82 Å². The van der Waals surface area contributed by atoms with Crippen LogP contribution in [0.5, 0.6) is 0 Å². The van der Waals surface area contributed by atoms with E-state index in [4.69, 9.17) is 0 Å². The third kappa shape index (κ3) is 1.95. The quantitative estimate of drug-likeness (QED) is 0.807. The van der Waals surface area contributed by atoms with Crippen molar-refractivity contribution in [1.29, 1.82) is 0 Å². The van der Waals surface area contributed by atoms with Gasteiger partial charge in [-0.2, -0.15) is 10.2 Å². The maximum Gasteiger partial charge on any atom is 0.275 e. The molecule has 2 rings (SSSR count). The number of aryl methyl sites for hydroxylation is 2. The van der Waals surface area contributed by atoms with E-state index in [0.29, 0.717) is 11.5 Å². The molecule has 2 heterocycles. The van der Waals surface area contributed by atoms with Crippen LogP contribution in [0.25, 0.3) is 0 Å². The molecule has 84 valence electrons. The third-order valence-electron chi connectivity index (χ3n) is 2.31. The van der Waals surface area contributed by atoms with Crippen LogP contribution < -0.4 is 5.32 Å². The summed E-state index contributed by atoms with van der Waals surface area (Å²) in [6, 6.07) is 3.47. The number of nitrogens with zero attached hydrogens (tertiary/aromatic N) is 3. The largest absolute Gasteiger partial charge is 0.304 e. The monoisotopic (exact) mass is 219 g/mol. The molecular weight excluding hydrogens is 206 g/mol. The SMILES string of the molecule is CCc1cc(NC(=O)c2ccnn2C)n[nH]1. The van der Waals surface area contributed by atoms with E-state index in [1.165, 1.54) is 4.68 Å².